The second kappa shape index (κ2) is 5.74. The molecule has 0 aliphatic carbocycles. The third kappa shape index (κ3) is 4.82. The van der Waals surface area contributed by atoms with E-state index in [9.17, 15) is 0 Å². The van der Waals surface area contributed by atoms with E-state index in [-0.39, 0.29) is 17.4 Å². The molecule has 0 rings (SSSR count). The smallest absolute Gasteiger partial charge is 0.353 e. The van der Waals surface area contributed by atoms with Gasteiger partial charge in [0.1, 0.15) is 0 Å². The fourth-order valence-electron chi connectivity index (χ4n) is 0.326. The Hall–Kier alpha value is -0.0200. The van der Waals surface area contributed by atoms with Gasteiger partial charge in [-0.25, -0.2) is 0 Å². The van der Waals surface area contributed by atoms with Gasteiger partial charge in [-0.15, -0.1) is 0 Å². The highest BCUT2D eigenvalue weighted by Crippen LogP contribution is 1.98. The fraction of sp³-hybridized carbons (Fsp3) is 0.833. The van der Waals surface area contributed by atoms with Gasteiger partial charge >= 0.3 is 5.24 Å². The van der Waals surface area contributed by atoms with Crippen LogP contribution < -0.4 is 0 Å². The summed E-state index contributed by atoms with van der Waals surface area (Å²) >= 11 is 9.90. The molecule has 2 nitrogen and oxygen atoms in total. The first kappa shape index (κ1) is 9.98. The van der Waals surface area contributed by atoms with E-state index in [2.05, 4.69) is 17.0 Å². The third-order valence-corrected chi connectivity index (χ3v) is 1.37. The zero-order valence-corrected chi connectivity index (χ0v) is 7.67. The summed E-state index contributed by atoms with van der Waals surface area (Å²) in [6, 6.07) is 0.0509. The Morgan fingerprint density at radius 2 is 2.30 bits per heavy atom. The van der Waals surface area contributed by atoms with Crippen molar-refractivity contribution in [1.82, 2.24) is 0 Å². The monoisotopic (exact) mass is 182 g/mol. The molecule has 0 amide bonds. The lowest BCUT2D eigenvalue weighted by molar-refractivity contribution is 0.140. The van der Waals surface area contributed by atoms with E-state index in [1.807, 2.05) is 13.8 Å². The minimum Gasteiger partial charge on any atom is -0.454 e. The number of halogens is 1. The molecule has 0 spiro atoms. The van der Waals surface area contributed by atoms with Crippen molar-refractivity contribution in [3.05, 3.63) is 0 Å². The summed E-state index contributed by atoms with van der Waals surface area (Å²) in [4.78, 5) is 0. The van der Waals surface area contributed by atoms with E-state index >= 15 is 0 Å². The molecule has 0 saturated carbocycles. The summed E-state index contributed by atoms with van der Waals surface area (Å²) in [5.74, 6) is 0. The van der Waals surface area contributed by atoms with Crippen molar-refractivity contribution in [2.45, 2.75) is 26.4 Å². The summed E-state index contributed by atoms with van der Waals surface area (Å²) in [6.07, 6.45) is 1.02. The van der Waals surface area contributed by atoms with Gasteiger partial charge in [0.25, 0.3) is 0 Å². The van der Waals surface area contributed by atoms with Crippen LogP contribution in [-0.2, 0) is 9.47 Å². The van der Waals surface area contributed by atoms with Gasteiger partial charge in [-0.05, 0) is 13.3 Å². The molecule has 0 aromatic heterocycles. The molecule has 0 aromatic rings. The van der Waals surface area contributed by atoms with Crippen LogP contribution >= 0.6 is 23.8 Å². The third-order valence-electron chi connectivity index (χ3n) is 1.04. The summed E-state index contributed by atoms with van der Waals surface area (Å²) in [5, 5.41) is 0.129. The molecule has 0 bridgehead atoms. The Morgan fingerprint density at radius 1 is 1.70 bits per heavy atom. The molecule has 0 aliphatic rings. The zero-order chi connectivity index (χ0) is 7.98. The van der Waals surface area contributed by atoms with Crippen molar-refractivity contribution in [2.75, 3.05) is 6.07 Å². The van der Waals surface area contributed by atoms with Gasteiger partial charge in [0.15, 0.2) is 6.07 Å². The van der Waals surface area contributed by atoms with Crippen molar-refractivity contribution < 1.29 is 9.47 Å². The van der Waals surface area contributed by atoms with E-state index in [1.54, 1.807) is 0 Å². The number of alkyl halides is 1. The van der Waals surface area contributed by atoms with Crippen molar-refractivity contribution in [3.63, 3.8) is 0 Å². The lowest BCUT2D eigenvalue weighted by Crippen LogP contribution is -2.14. The molecule has 0 aliphatic heterocycles. The standard InChI is InChI=1S/C6H11ClO2S/c1-3-5(2)9-6(10)8-4-7/h5H,3-4H2,1-2H3. The van der Waals surface area contributed by atoms with Crippen LogP contribution in [-0.4, -0.2) is 17.4 Å². The van der Waals surface area contributed by atoms with E-state index in [1.165, 1.54) is 0 Å². The predicted octanol–water partition coefficient (Wildman–Crippen LogP) is 2.30. The molecule has 10 heavy (non-hydrogen) atoms. The Morgan fingerprint density at radius 3 is 2.70 bits per heavy atom. The van der Waals surface area contributed by atoms with Crippen LogP contribution in [0.2, 0.25) is 0 Å². The summed E-state index contributed by atoms with van der Waals surface area (Å²) in [6.45, 7) is 3.93. The molecule has 0 saturated heterocycles. The maximum absolute atomic E-state index is 5.23. The molecule has 0 heterocycles. The molecule has 4 heteroatoms. The second-order valence-electron chi connectivity index (χ2n) is 1.84. The zero-order valence-electron chi connectivity index (χ0n) is 6.09. The molecular formula is C6H11ClO2S. The average molecular weight is 183 g/mol. The first-order valence-electron chi connectivity index (χ1n) is 3.10. The van der Waals surface area contributed by atoms with Crippen molar-refractivity contribution in [1.29, 1.82) is 0 Å². The maximum atomic E-state index is 5.23. The van der Waals surface area contributed by atoms with Gasteiger partial charge in [0.05, 0.1) is 6.10 Å². The van der Waals surface area contributed by atoms with E-state index in [0.29, 0.717) is 0 Å². The SMILES string of the molecule is CCC(C)OC(=S)OCCl. The van der Waals surface area contributed by atoms with E-state index in [0.717, 1.165) is 6.42 Å². The summed E-state index contributed by atoms with van der Waals surface area (Å²) in [5.41, 5.74) is 0. The Kier molecular flexibility index (Phi) is 5.73. The normalized spacial score (nSPS) is 12.3. The fourth-order valence-corrected chi connectivity index (χ4v) is 0.713. The maximum Gasteiger partial charge on any atom is 0.353 e. The first-order valence-corrected chi connectivity index (χ1v) is 4.04. The van der Waals surface area contributed by atoms with E-state index < -0.39 is 0 Å². The first-order chi connectivity index (χ1) is 4.70. The summed E-state index contributed by atoms with van der Waals surface area (Å²) in [7, 11) is 0. The summed E-state index contributed by atoms with van der Waals surface area (Å²) < 4.78 is 9.75. The molecule has 0 radical (unpaired) electrons. The Balaban J connectivity index is 3.37. The Bertz CT molecular complexity index is 108. The van der Waals surface area contributed by atoms with Crippen LogP contribution in [0.25, 0.3) is 0 Å². The van der Waals surface area contributed by atoms with E-state index in [4.69, 9.17) is 16.3 Å². The highest BCUT2D eigenvalue weighted by atomic mass is 35.5. The molecule has 60 valence electrons. The van der Waals surface area contributed by atoms with Crippen LogP contribution in [0.3, 0.4) is 0 Å². The van der Waals surface area contributed by atoms with Gasteiger partial charge in [-0.1, -0.05) is 18.5 Å². The second-order valence-corrected chi connectivity index (χ2v) is 2.39. The minimum absolute atomic E-state index is 0.0509. The van der Waals surface area contributed by atoms with Gasteiger partial charge in [-0.2, -0.15) is 0 Å². The van der Waals surface area contributed by atoms with Crippen molar-refractivity contribution in [3.8, 4) is 0 Å². The number of thiocarbonyl (C=S) groups is 1. The lowest BCUT2D eigenvalue weighted by atomic mass is 10.3. The molecule has 0 aromatic carbocycles. The lowest BCUT2D eigenvalue weighted by Gasteiger charge is -2.11. The topological polar surface area (TPSA) is 18.5 Å². The number of hydrogen-bond acceptors (Lipinski definition) is 3. The minimum atomic E-state index is 0.0509. The predicted molar refractivity (Wildman–Crippen MR) is 45.2 cm³/mol. The van der Waals surface area contributed by atoms with Gasteiger partial charge in [-0.3, -0.25) is 0 Å². The van der Waals surface area contributed by atoms with Gasteiger partial charge < -0.3 is 9.47 Å². The van der Waals surface area contributed by atoms with Crippen LogP contribution in [0.5, 0.6) is 0 Å². The number of ether oxygens (including phenoxy) is 2. The quantitative estimate of drug-likeness (QED) is 0.493. The van der Waals surface area contributed by atoms with Crippen LogP contribution in [0.1, 0.15) is 20.3 Å². The highest BCUT2D eigenvalue weighted by Gasteiger charge is 2.02. The van der Waals surface area contributed by atoms with Crippen molar-refractivity contribution in [2.24, 2.45) is 0 Å². The number of rotatable bonds is 3. The molecule has 0 fully saturated rings. The highest BCUT2D eigenvalue weighted by molar-refractivity contribution is 7.79. The van der Waals surface area contributed by atoms with Gasteiger partial charge in [0.2, 0.25) is 0 Å². The van der Waals surface area contributed by atoms with Gasteiger partial charge in [0, 0.05) is 12.2 Å². The largest absolute Gasteiger partial charge is 0.454 e. The van der Waals surface area contributed by atoms with Crippen LogP contribution in [0.4, 0.5) is 0 Å². The molecule has 1 atom stereocenters. The van der Waals surface area contributed by atoms with Crippen molar-refractivity contribution >= 4 is 29.1 Å². The molecule has 1 unspecified atom stereocenters. The number of hydrogen-bond donors (Lipinski definition) is 0. The molecular weight excluding hydrogens is 172 g/mol. The van der Waals surface area contributed by atoms with Crippen LogP contribution in [0, 0.1) is 0 Å². The molecule has 0 N–H and O–H groups in total. The average Bonchev–Trinajstić information content (AvgIpc) is 1.88. The Labute approximate surface area is 71.5 Å². The van der Waals surface area contributed by atoms with Crippen LogP contribution in [0.15, 0.2) is 0 Å².